The van der Waals surface area contributed by atoms with E-state index in [1.807, 2.05) is 61.5 Å². The fraction of sp³-hybridized carbons (Fsp3) is 0.300. The first-order chi connectivity index (χ1) is 11.2. The summed E-state index contributed by atoms with van der Waals surface area (Å²) >= 11 is 0. The Labute approximate surface area is 135 Å². The summed E-state index contributed by atoms with van der Waals surface area (Å²) < 4.78 is 0. The van der Waals surface area contributed by atoms with E-state index in [1.54, 1.807) is 4.90 Å². The highest BCUT2D eigenvalue weighted by Gasteiger charge is 2.58. The molecule has 1 heterocycles. The summed E-state index contributed by atoms with van der Waals surface area (Å²) in [6.07, 6.45) is 1.35. The van der Waals surface area contributed by atoms with E-state index < -0.39 is 5.41 Å². The maximum absolute atomic E-state index is 13.2. The molecule has 1 saturated heterocycles. The van der Waals surface area contributed by atoms with Gasteiger partial charge in [0, 0.05) is 12.1 Å². The van der Waals surface area contributed by atoms with Crippen molar-refractivity contribution in [3.05, 3.63) is 71.3 Å². The molecule has 2 bridgehead atoms. The molecule has 4 rings (SSSR count). The number of fused-ring (bicyclic) bond motifs is 4. The van der Waals surface area contributed by atoms with Gasteiger partial charge in [-0.1, -0.05) is 61.5 Å². The Kier molecular flexibility index (Phi) is 3.12. The van der Waals surface area contributed by atoms with E-state index in [9.17, 15) is 9.59 Å². The molecule has 3 heteroatoms. The predicted octanol–water partition coefficient (Wildman–Crippen LogP) is 3.33. The van der Waals surface area contributed by atoms with E-state index in [1.165, 1.54) is 0 Å². The molecule has 1 aliphatic carbocycles. The molecule has 1 aliphatic heterocycles. The Morgan fingerprint density at radius 1 is 1.04 bits per heavy atom. The molecule has 1 fully saturated rings. The molecule has 2 atom stereocenters. The summed E-state index contributed by atoms with van der Waals surface area (Å²) in [5.74, 6) is 0.193. The average Bonchev–Trinajstić information content (AvgIpc) is 2.86. The molecule has 2 aliphatic rings. The highest BCUT2D eigenvalue weighted by atomic mass is 16.2. The highest BCUT2D eigenvalue weighted by molar-refractivity contribution is 6.11. The second-order valence-corrected chi connectivity index (χ2v) is 6.48. The summed E-state index contributed by atoms with van der Waals surface area (Å²) in [6, 6.07) is 17.2. The minimum Gasteiger partial charge on any atom is -0.327 e. The van der Waals surface area contributed by atoms with Crippen molar-refractivity contribution < 1.29 is 9.59 Å². The number of carbonyl (C=O) groups is 2. The number of hydrogen-bond acceptors (Lipinski definition) is 2. The maximum Gasteiger partial charge on any atom is 0.234 e. The first-order valence-electron chi connectivity index (χ1n) is 8.16. The lowest BCUT2D eigenvalue weighted by atomic mass is 9.69. The van der Waals surface area contributed by atoms with Gasteiger partial charge in [0.15, 0.2) is 5.78 Å². The molecule has 0 N–H and O–H groups in total. The number of rotatable bonds is 3. The van der Waals surface area contributed by atoms with Gasteiger partial charge in [-0.3, -0.25) is 9.59 Å². The first kappa shape index (κ1) is 14.2. The van der Waals surface area contributed by atoms with Gasteiger partial charge in [-0.05, 0) is 24.0 Å². The molecule has 2 aromatic rings. The van der Waals surface area contributed by atoms with Crippen LogP contribution in [-0.4, -0.2) is 22.6 Å². The van der Waals surface area contributed by atoms with Crippen LogP contribution in [0.2, 0.25) is 0 Å². The summed E-state index contributed by atoms with van der Waals surface area (Å²) in [6.45, 7) is 2.55. The molecular weight excluding hydrogens is 286 g/mol. The minimum atomic E-state index is -0.524. The van der Waals surface area contributed by atoms with Crippen LogP contribution in [0, 0.1) is 0 Å². The van der Waals surface area contributed by atoms with Gasteiger partial charge in [0.05, 0.1) is 11.5 Å². The van der Waals surface area contributed by atoms with Crippen LogP contribution in [0.1, 0.15) is 41.3 Å². The van der Waals surface area contributed by atoms with Crippen molar-refractivity contribution in [1.29, 1.82) is 0 Å². The summed E-state index contributed by atoms with van der Waals surface area (Å²) in [5, 5.41) is 0. The van der Waals surface area contributed by atoms with Crippen LogP contribution in [0.25, 0.3) is 0 Å². The van der Waals surface area contributed by atoms with Crippen LogP contribution in [-0.2, 0) is 16.8 Å². The van der Waals surface area contributed by atoms with E-state index in [4.69, 9.17) is 0 Å². The van der Waals surface area contributed by atoms with Gasteiger partial charge in [-0.25, -0.2) is 0 Å². The average molecular weight is 305 g/mol. The number of nitrogens with zero attached hydrogens (tertiary/aromatic N) is 1. The normalized spacial score (nSPS) is 25.6. The van der Waals surface area contributed by atoms with Crippen LogP contribution in [0.4, 0.5) is 0 Å². The van der Waals surface area contributed by atoms with Gasteiger partial charge in [0.25, 0.3) is 0 Å². The predicted molar refractivity (Wildman–Crippen MR) is 88.1 cm³/mol. The summed E-state index contributed by atoms with van der Waals surface area (Å²) in [4.78, 5) is 27.9. The standard InChI is InChI=1S/C20H19NO2/c1-2-20-12-17(18(22)15-10-6-7-11-16(15)20)21(19(20)23)13-14-8-4-3-5-9-14/h3-11,17H,2,12-13H2,1H3. The first-order valence-corrected chi connectivity index (χ1v) is 8.16. The van der Waals surface area contributed by atoms with Gasteiger partial charge < -0.3 is 4.90 Å². The summed E-state index contributed by atoms with van der Waals surface area (Å²) in [7, 11) is 0. The fourth-order valence-corrected chi connectivity index (χ4v) is 4.15. The topological polar surface area (TPSA) is 37.4 Å². The lowest BCUT2D eigenvalue weighted by Crippen LogP contribution is -2.37. The third-order valence-electron chi connectivity index (χ3n) is 5.40. The third kappa shape index (κ3) is 1.89. The molecule has 0 spiro atoms. The molecule has 0 radical (unpaired) electrons. The van der Waals surface area contributed by atoms with E-state index in [-0.39, 0.29) is 17.7 Å². The molecule has 1 amide bonds. The Morgan fingerprint density at radius 3 is 2.48 bits per heavy atom. The SMILES string of the molecule is CCC12CC(C(=O)c3ccccc31)N(Cc1ccccc1)C2=O. The molecule has 2 unspecified atom stereocenters. The minimum absolute atomic E-state index is 0.0893. The number of benzene rings is 2. The second kappa shape index (κ2) is 5.05. The third-order valence-corrected chi connectivity index (χ3v) is 5.40. The number of carbonyl (C=O) groups excluding carboxylic acids is 2. The van der Waals surface area contributed by atoms with Crippen LogP contribution in [0.15, 0.2) is 54.6 Å². The van der Waals surface area contributed by atoms with Crippen molar-refractivity contribution in [2.45, 2.75) is 37.8 Å². The number of hydrogen-bond donors (Lipinski definition) is 0. The van der Waals surface area contributed by atoms with Gasteiger partial charge in [0.1, 0.15) is 0 Å². The smallest absolute Gasteiger partial charge is 0.234 e. The number of ketones is 1. The van der Waals surface area contributed by atoms with Crippen LogP contribution >= 0.6 is 0 Å². The van der Waals surface area contributed by atoms with Gasteiger partial charge >= 0.3 is 0 Å². The van der Waals surface area contributed by atoms with Gasteiger partial charge in [-0.2, -0.15) is 0 Å². The highest BCUT2D eigenvalue weighted by Crippen LogP contribution is 2.48. The summed E-state index contributed by atoms with van der Waals surface area (Å²) in [5.41, 5.74) is 2.19. The van der Waals surface area contributed by atoms with Crippen molar-refractivity contribution in [2.75, 3.05) is 0 Å². The number of amides is 1. The number of Topliss-reactive ketones (excluding diaryl/α,β-unsaturated/α-hetero) is 1. The van der Waals surface area contributed by atoms with Crippen LogP contribution < -0.4 is 0 Å². The van der Waals surface area contributed by atoms with Crippen molar-refractivity contribution in [3.63, 3.8) is 0 Å². The van der Waals surface area contributed by atoms with Gasteiger partial charge in [-0.15, -0.1) is 0 Å². The second-order valence-electron chi connectivity index (χ2n) is 6.48. The van der Waals surface area contributed by atoms with E-state index >= 15 is 0 Å². The quantitative estimate of drug-likeness (QED) is 0.872. The van der Waals surface area contributed by atoms with E-state index in [0.29, 0.717) is 13.0 Å². The lowest BCUT2D eigenvalue weighted by Gasteiger charge is -2.30. The molecular formula is C20H19NO2. The molecule has 0 aromatic heterocycles. The largest absolute Gasteiger partial charge is 0.327 e. The van der Waals surface area contributed by atoms with Crippen LogP contribution in [0.3, 0.4) is 0 Å². The van der Waals surface area contributed by atoms with Crippen LogP contribution in [0.5, 0.6) is 0 Å². The monoisotopic (exact) mass is 305 g/mol. The molecule has 2 aromatic carbocycles. The Morgan fingerprint density at radius 2 is 1.74 bits per heavy atom. The molecule has 23 heavy (non-hydrogen) atoms. The fourth-order valence-electron chi connectivity index (χ4n) is 4.15. The zero-order valence-corrected chi connectivity index (χ0v) is 13.2. The lowest BCUT2D eigenvalue weighted by molar-refractivity contribution is -0.133. The van der Waals surface area contributed by atoms with Crippen molar-refractivity contribution in [1.82, 2.24) is 4.90 Å². The Balaban J connectivity index is 1.80. The molecule has 116 valence electrons. The van der Waals surface area contributed by atoms with Gasteiger partial charge in [0.2, 0.25) is 5.91 Å². The van der Waals surface area contributed by atoms with Crippen molar-refractivity contribution >= 4 is 11.7 Å². The molecule has 3 nitrogen and oxygen atoms in total. The Bertz CT molecular complexity index is 783. The zero-order valence-electron chi connectivity index (χ0n) is 13.2. The van der Waals surface area contributed by atoms with Crippen molar-refractivity contribution in [2.24, 2.45) is 0 Å². The van der Waals surface area contributed by atoms with E-state index in [0.717, 1.165) is 23.1 Å². The van der Waals surface area contributed by atoms with E-state index in [2.05, 4.69) is 0 Å². The Hall–Kier alpha value is -2.42. The maximum atomic E-state index is 13.2. The van der Waals surface area contributed by atoms with Crippen molar-refractivity contribution in [3.8, 4) is 0 Å². The zero-order chi connectivity index (χ0) is 16.0. The number of likely N-dealkylation sites (tertiary alicyclic amines) is 1. The molecule has 0 saturated carbocycles.